The molecule has 0 bridgehead atoms. The van der Waals surface area contributed by atoms with E-state index in [1.165, 1.54) is 12.1 Å². The monoisotopic (exact) mass is 310 g/mol. The number of halogens is 2. The number of anilines is 1. The van der Waals surface area contributed by atoms with Crippen molar-refractivity contribution in [2.45, 2.75) is 23.8 Å². The van der Waals surface area contributed by atoms with Gasteiger partial charge in [0.05, 0.1) is 12.3 Å². The van der Waals surface area contributed by atoms with E-state index in [1.54, 1.807) is 12.1 Å². The molecule has 2 N–H and O–H groups in total. The molecule has 0 aliphatic heterocycles. The molecule has 2 rings (SSSR count). The molecule has 2 aromatic rings. The molecule has 0 saturated carbocycles. The van der Waals surface area contributed by atoms with E-state index in [-0.39, 0.29) is 0 Å². The first-order valence-electron chi connectivity index (χ1n) is 6.48. The van der Waals surface area contributed by atoms with Crippen LogP contribution in [0, 0.1) is 17.6 Å². The average Bonchev–Trinajstić information content (AvgIpc) is 2.42. The van der Waals surface area contributed by atoms with Gasteiger partial charge in [-0.1, -0.05) is 25.6 Å². The molecule has 0 spiro atoms. The zero-order valence-corrected chi connectivity index (χ0v) is 12.6. The van der Waals surface area contributed by atoms with Crippen LogP contribution in [0.5, 0.6) is 5.88 Å². The Morgan fingerprint density at radius 1 is 1.24 bits per heavy atom. The third-order valence-corrected chi connectivity index (χ3v) is 3.51. The molecule has 0 amide bonds. The van der Waals surface area contributed by atoms with Gasteiger partial charge in [-0.15, -0.1) is 0 Å². The third-order valence-electron chi connectivity index (χ3n) is 2.53. The Bertz CT molecular complexity index is 635. The predicted octanol–water partition coefficient (Wildman–Crippen LogP) is 4.13. The number of nitrogens with two attached hydrogens (primary N) is 1. The normalized spacial score (nSPS) is 10.9. The Kier molecular flexibility index (Phi) is 5.01. The van der Waals surface area contributed by atoms with E-state index in [0.717, 1.165) is 17.8 Å². The van der Waals surface area contributed by atoms with Crippen LogP contribution in [0.4, 0.5) is 14.5 Å². The highest BCUT2D eigenvalue weighted by atomic mass is 32.2. The topological polar surface area (TPSA) is 48.1 Å². The molecule has 1 aromatic carbocycles. The summed E-state index contributed by atoms with van der Waals surface area (Å²) in [6, 6.07) is 6.76. The van der Waals surface area contributed by atoms with E-state index < -0.39 is 11.6 Å². The van der Waals surface area contributed by atoms with Crippen molar-refractivity contribution in [2.75, 3.05) is 12.3 Å². The molecule has 3 nitrogen and oxygen atoms in total. The molecule has 6 heteroatoms. The number of rotatable bonds is 5. The smallest absolute Gasteiger partial charge is 0.238 e. The highest BCUT2D eigenvalue weighted by Gasteiger charge is 2.10. The number of nitrogen functional groups attached to an aromatic ring is 1. The van der Waals surface area contributed by atoms with Crippen molar-refractivity contribution in [1.82, 2.24) is 4.98 Å². The first-order valence-corrected chi connectivity index (χ1v) is 7.29. The minimum atomic E-state index is -0.622. The van der Waals surface area contributed by atoms with Gasteiger partial charge in [-0.25, -0.2) is 13.8 Å². The van der Waals surface area contributed by atoms with Crippen molar-refractivity contribution in [1.29, 1.82) is 0 Å². The van der Waals surface area contributed by atoms with Gasteiger partial charge in [0.25, 0.3) is 0 Å². The summed E-state index contributed by atoms with van der Waals surface area (Å²) in [4.78, 5) is 4.55. The fourth-order valence-electron chi connectivity index (χ4n) is 1.52. The minimum absolute atomic E-state index is 0.295. The standard InChI is InChI=1S/C15H16F2N2OS/c1-9(2)8-20-15-12(18)4-6-14(19-15)21-13-5-3-10(16)7-11(13)17/h3-7,9H,8,18H2,1-2H3. The zero-order valence-electron chi connectivity index (χ0n) is 11.8. The van der Waals surface area contributed by atoms with E-state index in [0.29, 0.717) is 34.0 Å². The summed E-state index contributed by atoms with van der Waals surface area (Å²) in [5.41, 5.74) is 6.23. The van der Waals surface area contributed by atoms with Gasteiger partial charge in [-0.2, -0.15) is 0 Å². The second kappa shape index (κ2) is 6.76. The van der Waals surface area contributed by atoms with E-state index >= 15 is 0 Å². The van der Waals surface area contributed by atoms with Crippen LogP contribution in [-0.4, -0.2) is 11.6 Å². The molecule has 1 heterocycles. The largest absolute Gasteiger partial charge is 0.476 e. The summed E-state index contributed by atoms with van der Waals surface area (Å²) in [5, 5.41) is 0.536. The third kappa shape index (κ3) is 4.32. The first kappa shape index (κ1) is 15.6. The van der Waals surface area contributed by atoms with Crippen LogP contribution >= 0.6 is 11.8 Å². The molecule has 0 saturated heterocycles. The summed E-state index contributed by atoms with van der Waals surface area (Å²) >= 11 is 1.09. The van der Waals surface area contributed by atoms with Gasteiger partial charge in [0, 0.05) is 11.0 Å². The second-order valence-electron chi connectivity index (χ2n) is 4.93. The highest BCUT2D eigenvalue weighted by molar-refractivity contribution is 7.99. The molecule has 0 fully saturated rings. The minimum Gasteiger partial charge on any atom is -0.476 e. The lowest BCUT2D eigenvalue weighted by molar-refractivity contribution is 0.261. The summed E-state index contributed by atoms with van der Waals surface area (Å²) in [7, 11) is 0. The molecular weight excluding hydrogens is 294 g/mol. The summed E-state index contributed by atoms with van der Waals surface area (Å²) in [5.74, 6) is -0.556. The molecule has 21 heavy (non-hydrogen) atoms. The molecular formula is C15H16F2N2OS. The number of hydrogen-bond donors (Lipinski definition) is 1. The van der Waals surface area contributed by atoms with Crippen LogP contribution in [0.15, 0.2) is 40.3 Å². The number of ether oxygens (including phenoxy) is 1. The molecule has 0 aliphatic rings. The van der Waals surface area contributed by atoms with Crippen molar-refractivity contribution in [3.05, 3.63) is 42.0 Å². The number of aromatic nitrogens is 1. The van der Waals surface area contributed by atoms with Crippen LogP contribution in [-0.2, 0) is 0 Å². The fourth-order valence-corrected chi connectivity index (χ4v) is 2.31. The van der Waals surface area contributed by atoms with Gasteiger partial charge >= 0.3 is 0 Å². The maximum Gasteiger partial charge on any atom is 0.238 e. The maximum atomic E-state index is 13.6. The lowest BCUT2D eigenvalue weighted by atomic mass is 10.2. The SMILES string of the molecule is CC(C)COc1nc(Sc2ccc(F)cc2F)ccc1N. The van der Waals surface area contributed by atoms with Gasteiger partial charge in [0.2, 0.25) is 5.88 Å². The number of pyridine rings is 1. The molecule has 112 valence electrons. The Balaban J connectivity index is 2.18. The van der Waals surface area contributed by atoms with Crippen molar-refractivity contribution >= 4 is 17.4 Å². The first-order chi connectivity index (χ1) is 9.95. The van der Waals surface area contributed by atoms with E-state index in [2.05, 4.69) is 4.98 Å². The van der Waals surface area contributed by atoms with E-state index in [4.69, 9.17) is 10.5 Å². The van der Waals surface area contributed by atoms with Crippen molar-refractivity contribution in [2.24, 2.45) is 5.92 Å². The van der Waals surface area contributed by atoms with Crippen LogP contribution in [0.2, 0.25) is 0 Å². The van der Waals surface area contributed by atoms with E-state index in [1.807, 2.05) is 13.8 Å². The van der Waals surface area contributed by atoms with Gasteiger partial charge in [0.15, 0.2) is 0 Å². The van der Waals surface area contributed by atoms with Crippen LogP contribution in [0.1, 0.15) is 13.8 Å². The number of nitrogens with zero attached hydrogens (tertiary/aromatic N) is 1. The second-order valence-corrected chi connectivity index (χ2v) is 5.99. The Morgan fingerprint density at radius 3 is 2.67 bits per heavy atom. The Labute approximate surface area is 126 Å². The number of hydrogen-bond acceptors (Lipinski definition) is 4. The lowest BCUT2D eigenvalue weighted by Crippen LogP contribution is -2.07. The molecule has 1 aromatic heterocycles. The average molecular weight is 310 g/mol. The summed E-state index contributed by atoms with van der Waals surface area (Å²) in [6.45, 7) is 4.53. The van der Waals surface area contributed by atoms with Crippen molar-refractivity contribution < 1.29 is 13.5 Å². The van der Waals surface area contributed by atoms with E-state index in [9.17, 15) is 8.78 Å². The zero-order chi connectivity index (χ0) is 15.4. The van der Waals surface area contributed by atoms with Gasteiger partial charge in [0.1, 0.15) is 16.7 Å². The Morgan fingerprint density at radius 2 is 2.00 bits per heavy atom. The summed E-state index contributed by atoms with van der Waals surface area (Å²) < 4.78 is 32.0. The maximum absolute atomic E-state index is 13.6. The van der Waals surface area contributed by atoms with Gasteiger partial charge in [-0.3, -0.25) is 0 Å². The quantitative estimate of drug-likeness (QED) is 0.902. The van der Waals surface area contributed by atoms with Crippen LogP contribution < -0.4 is 10.5 Å². The molecule has 0 atom stereocenters. The van der Waals surface area contributed by atoms with Crippen LogP contribution in [0.25, 0.3) is 0 Å². The van der Waals surface area contributed by atoms with Crippen molar-refractivity contribution in [3.63, 3.8) is 0 Å². The number of benzene rings is 1. The summed E-state index contributed by atoms with van der Waals surface area (Å²) in [6.07, 6.45) is 0. The highest BCUT2D eigenvalue weighted by Crippen LogP contribution is 2.31. The van der Waals surface area contributed by atoms with Gasteiger partial charge < -0.3 is 10.5 Å². The van der Waals surface area contributed by atoms with Crippen molar-refractivity contribution in [3.8, 4) is 5.88 Å². The predicted molar refractivity (Wildman–Crippen MR) is 79.5 cm³/mol. The Hall–Kier alpha value is -1.82. The van der Waals surface area contributed by atoms with Gasteiger partial charge in [-0.05, 0) is 30.2 Å². The molecule has 0 radical (unpaired) electrons. The lowest BCUT2D eigenvalue weighted by Gasteiger charge is -2.11. The fraction of sp³-hybridized carbons (Fsp3) is 0.267. The molecule has 0 aliphatic carbocycles. The van der Waals surface area contributed by atoms with Crippen LogP contribution in [0.3, 0.4) is 0 Å². The molecule has 0 unspecified atom stereocenters.